The second kappa shape index (κ2) is 34.2. The van der Waals surface area contributed by atoms with Gasteiger partial charge in [0.15, 0.2) is 22.8 Å². The first kappa shape index (κ1) is 65.5. The number of fused-ring (bicyclic) bond motifs is 1. The van der Waals surface area contributed by atoms with E-state index in [1.54, 1.807) is 0 Å². The summed E-state index contributed by atoms with van der Waals surface area (Å²) in [5, 5.41) is 26.5. The summed E-state index contributed by atoms with van der Waals surface area (Å²) in [5.41, 5.74) is 4.09. The van der Waals surface area contributed by atoms with Gasteiger partial charge in [0.1, 0.15) is 36.3 Å². The maximum atomic E-state index is 12.7. The number of imidazole rings is 1. The van der Waals surface area contributed by atoms with Crippen molar-refractivity contribution in [3.8, 4) is 0 Å². The van der Waals surface area contributed by atoms with E-state index >= 15 is 0 Å². The minimum absolute atomic E-state index is 0.0208. The number of aliphatic hydroxyl groups excluding tert-OH is 2. The molecule has 0 saturated carbocycles. The number of carbonyl (C=O) groups is 3. The van der Waals surface area contributed by atoms with Crippen LogP contribution >= 0.6 is 35.2 Å². The van der Waals surface area contributed by atoms with Gasteiger partial charge in [-0.1, -0.05) is 119 Å². The molecular weight excluding hydrogens is 1060 g/mol. The summed E-state index contributed by atoms with van der Waals surface area (Å²) in [5.74, 6) is -1.17. The number of rotatable bonds is 38. The zero-order valence-electron chi connectivity index (χ0n) is 42.6. The Kier molecular flexibility index (Phi) is 29.9. The van der Waals surface area contributed by atoms with E-state index in [9.17, 15) is 57.9 Å². The lowest BCUT2D eigenvalue weighted by Crippen LogP contribution is -2.46. The van der Waals surface area contributed by atoms with Crippen LogP contribution in [0.2, 0.25) is 0 Å². The molecule has 6 N–H and O–H groups in total. The van der Waals surface area contributed by atoms with Crippen LogP contribution in [0.1, 0.15) is 123 Å². The van der Waals surface area contributed by atoms with Gasteiger partial charge >= 0.3 is 0 Å². The number of unbranched alkanes of at least 4 members (excludes halogenated alkanes) is 7. The lowest BCUT2D eigenvalue weighted by molar-refractivity contribution is -0.347. The molecule has 24 nitrogen and oxygen atoms in total. The summed E-state index contributed by atoms with van der Waals surface area (Å²) >= 11 is 1.12. The lowest BCUT2D eigenvalue weighted by Gasteiger charge is -2.36. The molecule has 3 rings (SSSR count). The average Bonchev–Trinajstić information content (AvgIpc) is 3.91. The van der Waals surface area contributed by atoms with Crippen LogP contribution in [0.3, 0.4) is 0 Å². The molecule has 2 amide bonds. The normalized spacial score (nSPS) is 19.7. The van der Waals surface area contributed by atoms with Crippen LogP contribution in [0.25, 0.3) is 11.2 Å². The Bertz CT molecular complexity index is 2380. The number of nitrogen functional groups attached to an aromatic ring is 1. The summed E-state index contributed by atoms with van der Waals surface area (Å²) in [4.78, 5) is 97.1. The molecule has 422 valence electrons. The van der Waals surface area contributed by atoms with E-state index in [4.69, 9.17) is 10.5 Å². The summed E-state index contributed by atoms with van der Waals surface area (Å²) in [6.45, 7) is 2.35. The molecule has 1 aliphatic rings. The Labute approximate surface area is 442 Å². The van der Waals surface area contributed by atoms with Gasteiger partial charge in [0.2, 0.25) is 11.8 Å². The van der Waals surface area contributed by atoms with Crippen molar-refractivity contribution in [1.29, 1.82) is 0 Å². The second-order valence-electron chi connectivity index (χ2n) is 18.0. The van der Waals surface area contributed by atoms with E-state index in [2.05, 4.69) is 111 Å². The van der Waals surface area contributed by atoms with Gasteiger partial charge < -0.3 is 69.0 Å². The van der Waals surface area contributed by atoms with E-state index in [1.807, 2.05) is 0 Å². The molecule has 28 heteroatoms. The Balaban J connectivity index is 1.24. The molecule has 2 aromatic rings. The number of nitrogens with two attached hydrogens (primary N) is 1. The fourth-order valence-electron chi connectivity index (χ4n) is 7.06. The van der Waals surface area contributed by atoms with Crippen LogP contribution in [0.4, 0.5) is 5.82 Å². The number of nitrogens with one attached hydrogen (secondary N) is 2. The number of hydrogen-bond donors (Lipinski definition) is 5. The Morgan fingerprint density at radius 2 is 1.41 bits per heavy atom. The predicted octanol–water partition coefficient (Wildman–Crippen LogP) is 4.40. The average molecular weight is 1130 g/mol. The topological polar surface area (TPSA) is 375 Å². The fraction of sp³-hybridized carbons (Fsp3) is 0.617. The number of thioether (sulfide) groups is 1. The monoisotopic (exact) mass is 1130 g/mol. The Hall–Kier alpha value is -3.74. The smallest absolute Gasteiger partial charge is 0.274 e. The van der Waals surface area contributed by atoms with E-state index in [0.29, 0.717) is 12.2 Å². The quantitative estimate of drug-likeness (QED) is 0.0353. The highest BCUT2D eigenvalue weighted by Crippen LogP contribution is 2.56. The molecule has 3 heterocycles. The standard InChI is InChI=1S/C47H76N7O17P3S/c1-4-5-6-7-8-9-10-11-12-13-14-15-16-17-18-19-20-21-22-23-24-25-26-27-38(56)75-31-30-49-37(55)28-29-50-45(59)42(58)47(2,3)33-68-74(65,66)71-73(63,64)67-32-36-41(70-72(60,61)62)40(57)46(69-36)54-35-53-39-43(48)51-34-52-44(39)54/h8-9,11-12,14-15,17-18,20-21,34-36,40-42,46,57-58H,4-7,10,13,16,19,22-33H2,1-3H3,(H,49,55)(H,50,59)(H,63,64)(H,65,66)(H2,48,51,52)(H2,60,61,62)/p-4/b9-8-,12-11-,15-14-,18-17-,21-20-/t36-,40-,41-,42+,46-/m1/s1. The molecule has 1 saturated heterocycles. The third-order valence-corrected chi connectivity index (χ3v) is 15.1. The van der Waals surface area contributed by atoms with E-state index < -0.39 is 84.6 Å². The van der Waals surface area contributed by atoms with Gasteiger partial charge in [-0.2, -0.15) is 0 Å². The molecule has 0 aliphatic carbocycles. The van der Waals surface area contributed by atoms with E-state index in [-0.39, 0.29) is 41.6 Å². The maximum absolute atomic E-state index is 12.7. The van der Waals surface area contributed by atoms with Crippen molar-refractivity contribution in [2.24, 2.45) is 5.41 Å². The van der Waals surface area contributed by atoms with Crippen molar-refractivity contribution < 1.29 is 80.5 Å². The number of ether oxygens (including phenoxy) is 1. The third kappa shape index (κ3) is 26.4. The highest BCUT2D eigenvalue weighted by Gasteiger charge is 2.47. The van der Waals surface area contributed by atoms with Crippen molar-refractivity contribution in [2.45, 2.75) is 148 Å². The van der Waals surface area contributed by atoms with Crippen LogP contribution in [0, 0.1) is 5.41 Å². The van der Waals surface area contributed by atoms with Gasteiger partial charge in [0.25, 0.3) is 15.6 Å². The fourth-order valence-corrected chi connectivity index (χ4v) is 10.5. The maximum Gasteiger partial charge on any atom is 0.274 e. The van der Waals surface area contributed by atoms with Gasteiger partial charge in [-0.25, -0.2) is 19.3 Å². The number of phosphoric ester groups is 3. The molecule has 75 heavy (non-hydrogen) atoms. The molecule has 0 aromatic carbocycles. The zero-order chi connectivity index (χ0) is 55.3. The van der Waals surface area contributed by atoms with Gasteiger partial charge in [0.05, 0.1) is 27.4 Å². The van der Waals surface area contributed by atoms with E-state index in [1.165, 1.54) is 39.5 Å². The van der Waals surface area contributed by atoms with E-state index in [0.717, 1.165) is 86.8 Å². The highest BCUT2D eigenvalue weighted by molar-refractivity contribution is 8.13. The molecular formula is C47H72N7O17P3S-4. The first-order valence-electron chi connectivity index (χ1n) is 24.8. The first-order valence-corrected chi connectivity index (χ1v) is 30.1. The number of amides is 2. The zero-order valence-corrected chi connectivity index (χ0v) is 46.1. The molecule has 1 fully saturated rings. The lowest BCUT2D eigenvalue weighted by atomic mass is 9.87. The van der Waals surface area contributed by atoms with Crippen molar-refractivity contribution in [3.05, 3.63) is 73.4 Å². The number of anilines is 1. The number of allylic oxidation sites excluding steroid dienone is 10. The minimum atomic E-state index is -5.93. The number of aromatic nitrogens is 4. The summed E-state index contributed by atoms with van der Waals surface area (Å²) in [7, 11) is -17.6. The number of hydrogen-bond acceptors (Lipinski definition) is 22. The van der Waals surface area contributed by atoms with Gasteiger partial charge in [0, 0.05) is 37.1 Å². The van der Waals surface area contributed by atoms with Gasteiger partial charge in [-0.05, 0) is 57.8 Å². The SMILES string of the molecule is CCCCC/C=C\C/C=C\C/C=C\C/C=C\C/C=C\CCCCCCC(=O)SCCNC(=O)CCNC(=O)[C@H](O)C(C)(C)COP(=O)([O-])OP(=O)([O-])OC[C@H]1O[C@@H](n2cnc3c(N)ncnc32)[C@H](O)[C@@H]1OP(=O)([O-])[O-]. The number of carbonyl (C=O) groups excluding carboxylic acids is 3. The molecule has 0 bridgehead atoms. The largest absolute Gasteiger partial charge is 0.790 e. The molecule has 1 aliphatic heterocycles. The van der Waals surface area contributed by atoms with Gasteiger partial charge in [-0.3, -0.25) is 28.1 Å². The number of aliphatic hydroxyl groups is 2. The van der Waals surface area contributed by atoms with Crippen molar-refractivity contribution in [1.82, 2.24) is 30.2 Å². The summed E-state index contributed by atoms with van der Waals surface area (Å²) in [6.07, 6.45) is 28.4. The van der Waals surface area contributed by atoms with Crippen LogP contribution in [-0.4, -0.2) is 103 Å². The summed E-state index contributed by atoms with van der Waals surface area (Å²) < 4.78 is 60.9. The number of phosphoric acid groups is 3. The predicted molar refractivity (Wildman–Crippen MR) is 274 cm³/mol. The molecule has 0 spiro atoms. The van der Waals surface area contributed by atoms with Crippen molar-refractivity contribution >= 4 is 69.1 Å². The van der Waals surface area contributed by atoms with Crippen LogP contribution in [0.15, 0.2) is 73.4 Å². The Morgan fingerprint density at radius 1 is 0.827 bits per heavy atom. The highest BCUT2D eigenvalue weighted by atomic mass is 32.2. The minimum Gasteiger partial charge on any atom is -0.790 e. The van der Waals surface area contributed by atoms with Crippen LogP contribution in [0.5, 0.6) is 0 Å². The molecule has 7 atom stereocenters. The molecule has 2 unspecified atom stereocenters. The molecule has 2 aromatic heterocycles. The summed E-state index contributed by atoms with van der Waals surface area (Å²) in [6, 6.07) is 0. The number of nitrogens with zero attached hydrogens (tertiary/aromatic N) is 4. The second-order valence-corrected chi connectivity index (χ2v) is 23.2. The first-order chi connectivity index (χ1) is 35.6. The van der Waals surface area contributed by atoms with Crippen LogP contribution < -0.4 is 35.9 Å². The van der Waals surface area contributed by atoms with Crippen molar-refractivity contribution in [2.75, 3.05) is 37.8 Å². The Morgan fingerprint density at radius 3 is 2.03 bits per heavy atom. The van der Waals surface area contributed by atoms with Gasteiger partial charge in [-0.15, -0.1) is 0 Å². The molecule has 0 radical (unpaired) electrons. The van der Waals surface area contributed by atoms with Crippen LogP contribution in [-0.2, 0) is 50.7 Å². The third-order valence-electron chi connectivity index (χ3n) is 11.1. The van der Waals surface area contributed by atoms with Crippen molar-refractivity contribution in [3.63, 3.8) is 0 Å².